The summed E-state index contributed by atoms with van der Waals surface area (Å²) in [6.07, 6.45) is 3.23. The molecule has 0 amide bonds. The zero-order valence-electron chi connectivity index (χ0n) is 10.6. The third kappa shape index (κ3) is 2.03. The number of ether oxygens (including phenoxy) is 2. The van der Waals surface area contributed by atoms with E-state index in [1.54, 1.807) is 0 Å². The van der Waals surface area contributed by atoms with Crippen LogP contribution in [0.15, 0.2) is 30.3 Å². The van der Waals surface area contributed by atoms with Gasteiger partial charge in [-0.15, -0.1) is 0 Å². The maximum Gasteiger partial charge on any atom is 0.342 e. The summed E-state index contributed by atoms with van der Waals surface area (Å²) in [5, 5.41) is 0. The van der Waals surface area contributed by atoms with Crippen LogP contribution in [0.3, 0.4) is 0 Å². The third-order valence-corrected chi connectivity index (χ3v) is 3.97. The van der Waals surface area contributed by atoms with Crippen molar-refractivity contribution in [2.75, 3.05) is 0 Å². The molecular formula is C15H18O3. The van der Waals surface area contributed by atoms with Crippen molar-refractivity contribution in [1.82, 2.24) is 0 Å². The first kappa shape index (κ1) is 11.7. The van der Waals surface area contributed by atoms with Crippen LogP contribution < -0.4 is 0 Å². The van der Waals surface area contributed by atoms with Gasteiger partial charge in [0, 0.05) is 12.8 Å². The molecule has 1 spiro atoms. The molecular weight excluding hydrogens is 228 g/mol. The summed E-state index contributed by atoms with van der Waals surface area (Å²) in [7, 11) is 0. The highest BCUT2D eigenvalue weighted by molar-refractivity contribution is 5.78. The molecule has 96 valence electrons. The van der Waals surface area contributed by atoms with Crippen molar-refractivity contribution in [3.63, 3.8) is 0 Å². The highest BCUT2D eigenvalue weighted by atomic mass is 16.8. The first-order valence-electron chi connectivity index (χ1n) is 6.64. The van der Waals surface area contributed by atoms with Crippen LogP contribution in [0.2, 0.25) is 0 Å². The number of esters is 1. The highest BCUT2D eigenvalue weighted by Gasteiger charge is 2.49. The number of benzene rings is 1. The summed E-state index contributed by atoms with van der Waals surface area (Å²) < 4.78 is 11.5. The zero-order chi connectivity index (χ0) is 12.6. The van der Waals surface area contributed by atoms with E-state index in [0.717, 1.165) is 31.2 Å². The minimum absolute atomic E-state index is 0.240. The lowest BCUT2D eigenvalue weighted by Crippen LogP contribution is -2.35. The van der Waals surface area contributed by atoms with Gasteiger partial charge in [0.15, 0.2) is 6.10 Å². The fraction of sp³-hybridized carbons (Fsp3) is 0.533. The fourth-order valence-electron chi connectivity index (χ4n) is 2.78. The Kier molecular flexibility index (Phi) is 2.86. The van der Waals surface area contributed by atoms with Crippen molar-refractivity contribution in [3.8, 4) is 0 Å². The monoisotopic (exact) mass is 246 g/mol. The predicted octanol–water partition coefficient (Wildman–Crippen LogP) is 3.21. The SMILES string of the molecule is CC1CCC2(CC1)OC(=O)[C@H](c1ccccc1)O2. The van der Waals surface area contributed by atoms with Gasteiger partial charge in [-0.05, 0) is 24.3 Å². The number of carbonyl (C=O) groups excluding carboxylic acids is 1. The van der Waals surface area contributed by atoms with Gasteiger partial charge in [-0.3, -0.25) is 0 Å². The van der Waals surface area contributed by atoms with Gasteiger partial charge in [-0.25, -0.2) is 4.79 Å². The van der Waals surface area contributed by atoms with Gasteiger partial charge in [-0.1, -0.05) is 37.3 Å². The average molecular weight is 246 g/mol. The summed E-state index contributed by atoms with van der Waals surface area (Å²) in [5.74, 6) is -0.186. The molecule has 0 aromatic heterocycles. The molecule has 1 aromatic rings. The van der Waals surface area contributed by atoms with Crippen molar-refractivity contribution in [1.29, 1.82) is 0 Å². The Bertz CT molecular complexity index is 432. The van der Waals surface area contributed by atoms with Crippen LogP contribution in [0.4, 0.5) is 0 Å². The fourth-order valence-corrected chi connectivity index (χ4v) is 2.78. The average Bonchev–Trinajstić information content (AvgIpc) is 2.72. The second-order valence-electron chi connectivity index (χ2n) is 5.42. The van der Waals surface area contributed by atoms with E-state index in [4.69, 9.17) is 9.47 Å². The predicted molar refractivity (Wildman–Crippen MR) is 66.7 cm³/mol. The van der Waals surface area contributed by atoms with Gasteiger partial charge < -0.3 is 9.47 Å². The van der Waals surface area contributed by atoms with Gasteiger partial charge in [0.1, 0.15) is 0 Å². The summed E-state index contributed by atoms with van der Waals surface area (Å²) in [6, 6.07) is 9.59. The standard InChI is InChI=1S/C15H18O3/c1-11-7-9-15(10-8-11)17-13(14(16)18-15)12-5-3-2-4-6-12/h2-6,11,13H,7-10H2,1H3/t11?,13-,15?/m0/s1. The van der Waals surface area contributed by atoms with E-state index in [9.17, 15) is 4.79 Å². The molecule has 1 saturated carbocycles. The van der Waals surface area contributed by atoms with Crippen LogP contribution in [0.5, 0.6) is 0 Å². The molecule has 1 saturated heterocycles. The van der Waals surface area contributed by atoms with E-state index >= 15 is 0 Å². The van der Waals surface area contributed by atoms with E-state index < -0.39 is 11.9 Å². The number of carbonyl (C=O) groups is 1. The molecule has 0 N–H and O–H groups in total. The Morgan fingerprint density at radius 3 is 2.50 bits per heavy atom. The molecule has 3 nitrogen and oxygen atoms in total. The van der Waals surface area contributed by atoms with E-state index in [-0.39, 0.29) is 5.97 Å². The minimum atomic E-state index is -0.649. The molecule has 1 heterocycles. The van der Waals surface area contributed by atoms with E-state index in [1.807, 2.05) is 30.3 Å². The lowest BCUT2D eigenvalue weighted by atomic mass is 9.86. The Morgan fingerprint density at radius 1 is 1.17 bits per heavy atom. The molecule has 0 radical (unpaired) electrons. The molecule has 1 aromatic carbocycles. The quantitative estimate of drug-likeness (QED) is 0.714. The van der Waals surface area contributed by atoms with Crippen LogP contribution in [-0.4, -0.2) is 11.8 Å². The van der Waals surface area contributed by atoms with Crippen molar-refractivity contribution in [2.24, 2.45) is 5.92 Å². The molecule has 2 aliphatic rings. The smallest absolute Gasteiger partial charge is 0.342 e. The second-order valence-corrected chi connectivity index (χ2v) is 5.42. The Hall–Kier alpha value is -1.35. The zero-order valence-corrected chi connectivity index (χ0v) is 10.6. The van der Waals surface area contributed by atoms with Gasteiger partial charge in [-0.2, -0.15) is 0 Å². The number of rotatable bonds is 1. The van der Waals surface area contributed by atoms with Crippen LogP contribution >= 0.6 is 0 Å². The Balaban J connectivity index is 1.78. The first-order valence-corrected chi connectivity index (χ1v) is 6.64. The van der Waals surface area contributed by atoms with Crippen LogP contribution in [-0.2, 0) is 14.3 Å². The number of hydrogen-bond donors (Lipinski definition) is 0. The Morgan fingerprint density at radius 2 is 1.83 bits per heavy atom. The maximum absolute atomic E-state index is 12.0. The van der Waals surface area contributed by atoms with Crippen molar-refractivity contribution in [2.45, 2.75) is 44.5 Å². The molecule has 3 rings (SSSR count). The van der Waals surface area contributed by atoms with Gasteiger partial charge in [0.05, 0.1) is 0 Å². The molecule has 1 aliphatic carbocycles. The number of hydrogen-bond acceptors (Lipinski definition) is 3. The maximum atomic E-state index is 12.0. The summed E-state index contributed by atoms with van der Waals surface area (Å²) in [5.41, 5.74) is 0.887. The van der Waals surface area contributed by atoms with E-state index in [0.29, 0.717) is 5.92 Å². The molecule has 0 unspecified atom stereocenters. The minimum Gasteiger partial charge on any atom is -0.431 e. The van der Waals surface area contributed by atoms with E-state index in [1.165, 1.54) is 0 Å². The largest absolute Gasteiger partial charge is 0.431 e. The Labute approximate surface area is 107 Å². The van der Waals surface area contributed by atoms with Gasteiger partial charge in [0.2, 0.25) is 5.79 Å². The lowest BCUT2D eigenvalue weighted by molar-refractivity contribution is -0.196. The van der Waals surface area contributed by atoms with Crippen molar-refractivity contribution < 1.29 is 14.3 Å². The summed E-state index contributed by atoms with van der Waals surface area (Å²) in [6.45, 7) is 2.23. The highest BCUT2D eigenvalue weighted by Crippen LogP contribution is 2.44. The van der Waals surface area contributed by atoms with Crippen molar-refractivity contribution in [3.05, 3.63) is 35.9 Å². The first-order chi connectivity index (χ1) is 8.69. The normalized spacial score (nSPS) is 35.7. The topological polar surface area (TPSA) is 35.5 Å². The van der Waals surface area contributed by atoms with Gasteiger partial charge >= 0.3 is 5.97 Å². The molecule has 1 atom stereocenters. The lowest BCUT2D eigenvalue weighted by Gasteiger charge is -2.33. The van der Waals surface area contributed by atoms with Crippen LogP contribution in [0, 0.1) is 5.92 Å². The molecule has 2 fully saturated rings. The van der Waals surface area contributed by atoms with Crippen LogP contribution in [0.25, 0.3) is 0 Å². The molecule has 18 heavy (non-hydrogen) atoms. The summed E-state index contributed by atoms with van der Waals surface area (Å²) >= 11 is 0. The molecule has 3 heteroatoms. The summed E-state index contributed by atoms with van der Waals surface area (Å²) in [4.78, 5) is 12.0. The van der Waals surface area contributed by atoms with Crippen LogP contribution in [0.1, 0.15) is 44.3 Å². The van der Waals surface area contributed by atoms with Gasteiger partial charge in [0.25, 0.3) is 0 Å². The third-order valence-electron chi connectivity index (χ3n) is 3.97. The van der Waals surface area contributed by atoms with Crippen molar-refractivity contribution >= 4 is 5.97 Å². The molecule has 0 bridgehead atoms. The molecule has 1 aliphatic heterocycles. The second kappa shape index (κ2) is 4.39. The van der Waals surface area contributed by atoms with E-state index in [2.05, 4.69) is 6.92 Å².